The van der Waals surface area contributed by atoms with Gasteiger partial charge >= 0.3 is 0 Å². The van der Waals surface area contributed by atoms with Crippen LogP contribution in [0.4, 0.5) is 14.6 Å². The van der Waals surface area contributed by atoms with Crippen molar-refractivity contribution in [3.8, 4) is 0 Å². The first-order valence-corrected chi connectivity index (χ1v) is 11.8. The molecule has 2 unspecified atom stereocenters. The zero-order valence-electron chi connectivity index (χ0n) is 19.2. The molecule has 1 saturated heterocycles. The average Bonchev–Trinajstić information content (AvgIpc) is 3.06. The van der Waals surface area contributed by atoms with Gasteiger partial charge in [0.05, 0.1) is 18.1 Å². The summed E-state index contributed by atoms with van der Waals surface area (Å²) in [5.74, 6) is -2.41. The summed E-state index contributed by atoms with van der Waals surface area (Å²) in [5, 5.41) is 16.7. The van der Waals surface area contributed by atoms with Crippen molar-refractivity contribution in [2.24, 2.45) is 11.3 Å². The number of hydrogen-bond acceptors (Lipinski definition) is 6. The van der Waals surface area contributed by atoms with Crippen molar-refractivity contribution in [3.05, 3.63) is 47.2 Å². The van der Waals surface area contributed by atoms with Crippen molar-refractivity contribution >= 4 is 21.9 Å². The first-order valence-electron chi connectivity index (χ1n) is 10.4. The Morgan fingerprint density at radius 2 is 1.88 bits per heavy atom. The number of rotatable bonds is 8. The number of aliphatic hydroxyl groups is 1. The van der Waals surface area contributed by atoms with Crippen LogP contribution in [0.2, 0.25) is 0 Å². The topological polar surface area (TPSA) is 108 Å². The molecule has 0 bridgehead atoms. The number of nitrogens with zero attached hydrogens (tertiary/aromatic N) is 4. The number of carbonyl (C=O) groups excluding carboxylic acids is 1. The van der Waals surface area contributed by atoms with Gasteiger partial charge < -0.3 is 10.4 Å². The SMILES string of the molecule is CC1CN(S(=O)(=O)N(C)C)C1c1nn(C(=O)C(C)(C)CO)c(NCc2ccc(F)cc2)c1F. The normalized spacial score (nSPS) is 19.5. The van der Waals surface area contributed by atoms with E-state index in [2.05, 4.69) is 10.4 Å². The number of aliphatic hydroxyl groups excluding tert-OH is 1. The van der Waals surface area contributed by atoms with E-state index in [1.54, 1.807) is 6.92 Å². The van der Waals surface area contributed by atoms with E-state index in [-0.39, 0.29) is 30.5 Å². The molecule has 0 spiro atoms. The quantitative estimate of drug-likeness (QED) is 0.594. The molecule has 9 nitrogen and oxygen atoms in total. The highest BCUT2D eigenvalue weighted by molar-refractivity contribution is 7.86. The molecule has 1 aromatic carbocycles. The zero-order valence-corrected chi connectivity index (χ0v) is 20.0. The summed E-state index contributed by atoms with van der Waals surface area (Å²) in [6.45, 7) is 4.51. The van der Waals surface area contributed by atoms with E-state index in [0.29, 0.717) is 5.56 Å². The molecule has 0 aliphatic carbocycles. The Morgan fingerprint density at radius 3 is 2.39 bits per heavy atom. The highest BCUT2D eigenvalue weighted by Gasteiger charge is 2.49. The summed E-state index contributed by atoms with van der Waals surface area (Å²) in [4.78, 5) is 13.1. The van der Waals surface area contributed by atoms with Gasteiger partial charge in [-0.15, -0.1) is 0 Å². The second-order valence-corrected chi connectivity index (χ2v) is 11.2. The minimum atomic E-state index is -3.83. The van der Waals surface area contributed by atoms with Crippen LogP contribution in [-0.4, -0.2) is 65.1 Å². The number of nitrogens with one attached hydrogen (secondary N) is 1. The fourth-order valence-corrected chi connectivity index (χ4v) is 4.98. The molecule has 2 N–H and O–H groups in total. The summed E-state index contributed by atoms with van der Waals surface area (Å²) in [7, 11) is -1.07. The molecule has 1 fully saturated rings. The monoisotopic (exact) mass is 485 g/mol. The lowest BCUT2D eigenvalue weighted by Gasteiger charge is -2.45. The predicted molar refractivity (Wildman–Crippen MR) is 119 cm³/mol. The molecule has 1 aliphatic rings. The standard InChI is InChI=1S/C21H29F2N5O4S/c1-13-11-27(33(31,32)26(4)5)18(13)17-16(23)19(24-10-14-6-8-15(22)9-7-14)28(25-17)20(30)21(2,3)12-29/h6-9,13,18,24,29H,10-12H2,1-5H3. The van der Waals surface area contributed by atoms with E-state index in [1.807, 2.05) is 0 Å². The van der Waals surface area contributed by atoms with E-state index in [9.17, 15) is 22.7 Å². The van der Waals surface area contributed by atoms with Crippen LogP contribution in [0.1, 0.15) is 42.9 Å². The number of anilines is 1. The summed E-state index contributed by atoms with van der Waals surface area (Å²) in [5.41, 5.74) is -0.807. The van der Waals surface area contributed by atoms with Gasteiger partial charge in [-0.1, -0.05) is 19.1 Å². The number of carbonyl (C=O) groups is 1. The Labute approximate surface area is 192 Å². The van der Waals surface area contributed by atoms with Crippen LogP contribution in [0.15, 0.2) is 24.3 Å². The van der Waals surface area contributed by atoms with Gasteiger partial charge in [-0.3, -0.25) is 4.79 Å². The van der Waals surface area contributed by atoms with Crippen LogP contribution >= 0.6 is 0 Å². The van der Waals surface area contributed by atoms with Gasteiger partial charge in [0.25, 0.3) is 16.1 Å². The van der Waals surface area contributed by atoms with Crippen molar-refractivity contribution in [2.45, 2.75) is 33.4 Å². The van der Waals surface area contributed by atoms with Crippen LogP contribution < -0.4 is 5.32 Å². The molecular formula is C21H29F2N5O4S. The van der Waals surface area contributed by atoms with E-state index >= 15 is 4.39 Å². The Bertz CT molecular complexity index is 1130. The molecule has 12 heteroatoms. The second kappa shape index (κ2) is 9.09. The van der Waals surface area contributed by atoms with Gasteiger partial charge in [-0.05, 0) is 37.5 Å². The molecule has 0 radical (unpaired) electrons. The maximum atomic E-state index is 15.7. The average molecular weight is 486 g/mol. The van der Waals surface area contributed by atoms with Crippen molar-refractivity contribution in [1.29, 1.82) is 0 Å². The van der Waals surface area contributed by atoms with Crippen LogP contribution in [-0.2, 0) is 16.8 Å². The van der Waals surface area contributed by atoms with Crippen molar-refractivity contribution < 1.29 is 27.1 Å². The lowest BCUT2D eigenvalue weighted by atomic mass is 9.91. The largest absolute Gasteiger partial charge is 0.395 e. The maximum absolute atomic E-state index is 15.7. The number of halogens is 2. The highest BCUT2D eigenvalue weighted by Crippen LogP contribution is 2.43. The van der Waals surface area contributed by atoms with Gasteiger partial charge in [0.1, 0.15) is 11.5 Å². The smallest absolute Gasteiger partial charge is 0.282 e. The lowest BCUT2D eigenvalue weighted by molar-refractivity contribution is 0.0610. The molecule has 0 saturated carbocycles. The Kier molecular flexibility index (Phi) is 6.94. The van der Waals surface area contributed by atoms with Gasteiger partial charge in [0.15, 0.2) is 11.6 Å². The molecule has 182 valence electrons. The van der Waals surface area contributed by atoms with E-state index in [0.717, 1.165) is 13.3 Å². The molecular weight excluding hydrogens is 456 g/mol. The third-order valence-electron chi connectivity index (χ3n) is 5.75. The van der Waals surface area contributed by atoms with Crippen molar-refractivity contribution in [2.75, 3.05) is 32.6 Å². The number of hydrogen-bond donors (Lipinski definition) is 2. The van der Waals surface area contributed by atoms with Gasteiger partial charge in [-0.2, -0.15) is 26.8 Å². The molecule has 33 heavy (non-hydrogen) atoms. The number of benzene rings is 1. The predicted octanol–water partition coefficient (Wildman–Crippen LogP) is 2.23. The minimum Gasteiger partial charge on any atom is -0.395 e. The van der Waals surface area contributed by atoms with Crippen molar-refractivity contribution in [1.82, 2.24) is 18.4 Å². The molecule has 0 amide bonds. The second-order valence-electron chi connectivity index (χ2n) is 9.07. The highest BCUT2D eigenvalue weighted by atomic mass is 32.2. The van der Waals surface area contributed by atoms with Gasteiger partial charge in [0, 0.05) is 27.2 Å². The number of aromatic nitrogens is 2. The molecule has 3 rings (SSSR count). The molecule has 2 atom stereocenters. The van der Waals surface area contributed by atoms with Gasteiger partial charge in [-0.25, -0.2) is 8.78 Å². The van der Waals surface area contributed by atoms with E-state index < -0.39 is 45.8 Å². The fourth-order valence-electron chi connectivity index (χ4n) is 3.54. The zero-order chi connectivity index (χ0) is 24.7. The summed E-state index contributed by atoms with van der Waals surface area (Å²) < 4.78 is 57.2. The summed E-state index contributed by atoms with van der Waals surface area (Å²) in [6, 6.07) is 4.66. The van der Waals surface area contributed by atoms with Crippen LogP contribution in [0.5, 0.6) is 0 Å². The van der Waals surface area contributed by atoms with E-state index in [1.165, 1.54) is 52.2 Å². The third-order valence-corrected chi connectivity index (χ3v) is 7.64. The van der Waals surface area contributed by atoms with E-state index in [4.69, 9.17) is 0 Å². The summed E-state index contributed by atoms with van der Waals surface area (Å²) >= 11 is 0. The van der Waals surface area contributed by atoms with Crippen LogP contribution in [0, 0.1) is 23.0 Å². The van der Waals surface area contributed by atoms with Crippen LogP contribution in [0.3, 0.4) is 0 Å². The molecule has 2 heterocycles. The molecule has 1 aromatic heterocycles. The van der Waals surface area contributed by atoms with Crippen LogP contribution in [0.25, 0.3) is 0 Å². The third kappa shape index (κ3) is 4.65. The van der Waals surface area contributed by atoms with Crippen molar-refractivity contribution in [3.63, 3.8) is 0 Å². The lowest BCUT2D eigenvalue weighted by Crippen LogP contribution is -2.55. The first-order chi connectivity index (χ1) is 15.3. The molecule has 1 aliphatic heterocycles. The minimum absolute atomic E-state index is 0.0646. The first kappa shape index (κ1) is 25.2. The molecule has 2 aromatic rings. The Hall–Kier alpha value is -2.41. The Balaban J connectivity index is 2.04. The summed E-state index contributed by atoms with van der Waals surface area (Å²) in [6.07, 6.45) is 0. The maximum Gasteiger partial charge on any atom is 0.282 e. The van der Waals surface area contributed by atoms with Gasteiger partial charge in [0.2, 0.25) is 0 Å². The fraction of sp³-hybridized carbons (Fsp3) is 0.524. The Morgan fingerprint density at radius 1 is 1.27 bits per heavy atom.